The van der Waals surface area contributed by atoms with Crippen LogP contribution in [0.3, 0.4) is 0 Å². The highest BCUT2D eigenvalue weighted by Gasteiger charge is 2.06. The molecule has 1 aromatic carbocycles. The van der Waals surface area contributed by atoms with Gasteiger partial charge in [-0.05, 0) is 30.3 Å². The van der Waals surface area contributed by atoms with Crippen LogP contribution in [0.2, 0.25) is 0 Å². The molecule has 0 saturated carbocycles. The molecule has 5 nitrogen and oxygen atoms in total. The highest BCUT2D eigenvalue weighted by atomic mass is 79.9. The van der Waals surface area contributed by atoms with E-state index in [0.29, 0.717) is 22.0 Å². The number of aryl methyl sites for hydroxylation is 1. The van der Waals surface area contributed by atoms with Crippen molar-refractivity contribution in [1.82, 2.24) is 9.55 Å². The van der Waals surface area contributed by atoms with Gasteiger partial charge in [0.25, 0.3) is 5.91 Å². The highest BCUT2D eigenvalue weighted by molar-refractivity contribution is 9.10. The summed E-state index contributed by atoms with van der Waals surface area (Å²) >= 11 is 4.77. The molecule has 0 aliphatic heterocycles. The van der Waals surface area contributed by atoms with Gasteiger partial charge < -0.3 is 9.30 Å². The van der Waals surface area contributed by atoms with Crippen LogP contribution in [0.1, 0.15) is 10.4 Å². The molecule has 0 aliphatic rings. The minimum atomic E-state index is -0.328. The number of aromatic nitrogens is 2. The zero-order valence-electron chi connectivity index (χ0n) is 12.1. The molecule has 0 unspecified atom stereocenters. The Morgan fingerprint density at radius 3 is 2.65 bits per heavy atom. The number of halogens is 1. The molecule has 2 heterocycles. The van der Waals surface area contributed by atoms with Crippen LogP contribution in [0, 0.1) is 0 Å². The molecule has 116 valence electrons. The Morgan fingerprint density at radius 1 is 1.26 bits per heavy atom. The van der Waals surface area contributed by atoms with Gasteiger partial charge in [-0.1, -0.05) is 15.9 Å². The first kappa shape index (κ1) is 15.6. The van der Waals surface area contributed by atoms with E-state index in [-0.39, 0.29) is 5.91 Å². The average Bonchev–Trinajstić information content (AvgIpc) is 2.95. The van der Waals surface area contributed by atoms with Crippen molar-refractivity contribution in [2.45, 2.75) is 0 Å². The summed E-state index contributed by atoms with van der Waals surface area (Å²) in [7, 11) is 1.84. The quantitative estimate of drug-likeness (QED) is 0.684. The summed E-state index contributed by atoms with van der Waals surface area (Å²) in [5, 5.41) is 1.87. The number of ether oxygens (including phenoxy) is 1. The van der Waals surface area contributed by atoms with Crippen molar-refractivity contribution in [1.29, 1.82) is 0 Å². The van der Waals surface area contributed by atoms with Gasteiger partial charge in [0.05, 0.1) is 5.56 Å². The van der Waals surface area contributed by atoms with Gasteiger partial charge in [0.1, 0.15) is 5.75 Å². The van der Waals surface area contributed by atoms with Crippen LogP contribution in [0.25, 0.3) is 0 Å². The van der Waals surface area contributed by atoms with Crippen LogP contribution >= 0.6 is 27.3 Å². The van der Waals surface area contributed by atoms with E-state index in [1.807, 2.05) is 42.9 Å². The largest absolute Gasteiger partial charge is 0.439 e. The maximum atomic E-state index is 12.1. The molecule has 0 N–H and O–H groups in total. The standard InChI is InChI=1S/C16H12BrN3O2S/c1-20-8-9-23-16(20)19-15(21)11-2-7-14(18-10-11)22-13-5-3-12(17)4-6-13/h2-10H,1H3. The number of hydrogen-bond donors (Lipinski definition) is 0. The van der Waals surface area contributed by atoms with E-state index in [1.54, 1.807) is 16.7 Å². The number of pyridine rings is 1. The van der Waals surface area contributed by atoms with Gasteiger partial charge in [0.2, 0.25) is 5.88 Å². The summed E-state index contributed by atoms with van der Waals surface area (Å²) < 4.78 is 8.38. The Hall–Kier alpha value is -2.25. The zero-order valence-corrected chi connectivity index (χ0v) is 14.5. The summed E-state index contributed by atoms with van der Waals surface area (Å²) in [4.78, 5) is 21.0. The third-order valence-corrected chi connectivity index (χ3v) is 4.35. The number of thiazole rings is 1. The van der Waals surface area contributed by atoms with Gasteiger partial charge in [-0.3, -0.25) is 4.79 Å². The fraction of sp³-hybridized carbons (Fsp3) is 0.0625. The molecular formula is C16H12BrN3O2S. The van der Waals surface area contributed by atoms with Gasteiger partial charge in [0.15, 0.2) is 4.80 Å². The first-order valence-corrected chi connectivity index (χ1v) is 8.38. The molecule has 0 bridgehead atoms. The Balaban J connectivity index is 1.75. The molecule has 0 saturated heterocycles. The average molecular weight is 390 g/mol. The second-order valence-corrected chi connectivity index (χ2v) is 6.44. The van der Waals surface area contributed by atoms with Crippen molar-refractivity contribution in [3.05, 3.63) is 69.0 Å². The third-order valence-electron chi connectivity index (χ3n) is 2.98. The lowest BCUT2D eigenvalue weighted by Crippen LogP contribution is -2.12. The number of hydrogen-bond acceptors (Lipinski definition) is 4. The van der Waals surface area contributed by atoms with Gasteiger partial charge in [-0.2, -0.15) is 4.99 Å². The lowest BCUT2D eigenvalue weighted by atomic mass is 10.3. The van der Waals surface area contributed by atoms with Crippen molar-refractivity contribution in [3.8, 4) is 11.6 Å². The summed E-state index contributed by atoms with van der Waals surface area (Å²) in [6, 6.07) is 10.7. The number of amides is 1. The molecule has 0 radical (unpaired) electrons. The van der Waals surface area contributed by atoms with Gasteiger partial charge >= 0.3 is 0 Å². The third kappa shape index (κ3) is 3.94. The molecule has 23 heavy (non-hydrogen) atoms. The number of carbonyl (C=O) groups is 1. The van der Waals surface area contributed by atoms with Crippen LogP contribution < -0.4 is 9.54 Å². The van der Waals surface area contributed by atoms with Gasteiger partial charge in [-0.25, -0.2) is 4.98 Å². The first-order chi connectivity index (χ1) is 11.1. The lowest BCUT2D eigenvalue weighted by Gasteiger charge is -2.04. The first-order valence-electron chi connectivity index (χ1n) is 6.70. The van der Waals surface area contributed by atoms with Crippen LogP contribution in [0.5, 0.6) is 11.6 Å². The molecule has 0 atom stereocenters. The molecule has 0 fully saturated rings. The minimum Gasteiger partial charge on any atom is -0.439 e. The van der Waals surface area contributed by atoms with E-state index in [4.69, 9.17) is 4.74 Å². The normalized spacial score (nSPS) is 11.5. The van der Waals surface area contributed by atoms with Crippen molar-refractivity contribution in [2.75, 3.05) is 0 Å². The number of rotatable bonds is 3. The lowest BCUT2D eigenvalue weighted by molar-refractivity contribution is 0.0997. The summed E-state index contributed by atoms with van der Waals surface area (Å²) in [6.45, 7) is 0. The highest BCUT2D eigenvalue weighted by Crippen LogP contribution is 2.21. The minimum absolute atomic E-state index is 0.328. The van der Waals surface area contributed by atoms with Crippen LogP contribution in [0.4, 0.5) is 0 Å². The Kier molecular flexibility index (Phi) is 4.68. The van der Waals surface area contributed by atoms with E-state index >= 15 is 0 Å². The van der Waals surface area contributed by atoms with Crippen LogP contribution in [0.15, 0.2) is 63.6 Å². The summed E-state index contributed by atoms with van der Waals surface area (Å²) in [5.74, 6) is 0.770. The van der Waals surface area contributed by atoms with Crippen molar-refractivity contribution in [2.24, 2.45) is 12.0 Å². The smallest absolute Gasteiger partial charge is 0.281 e. The van der Waals surface area contributed by atoms with Gasteiger partial charge in [0, 0.05) is 35.4 Å². The molecule has 3 rings (SSSR count). The Labute approximate surface area is 145 Å². The second-order valence-electron chi connectivity index (χ2n) is 4.65. The Morgan fingerprint density at radius 2 is 2.04 bits per heavy atom. The molecule has 2 aromatic heterocycles. The molecule has 3 aromatic rings. The molecule has 1 amide bonds. The monoisotopic (exact) mass is 389 g/mol. The topological polar surface area (TPSA) is 56.5 Å². The number of benzene rings is 1. The fourth-order valence-corrected chi connectivity index (χ4v) is 2.77. The van der Waals surface area contributed by atoms with Crippen molar-refractivity contribution < 1.29 is 9.53 Å². The maximum Gasteiger partial charge on any atom is 0.281 e. The molecule has 7 heteroatoms. The predicted octanol–water partition coefficient (Wildman–Crippen LogP) is 3.78. The molecular weight excluding hydrogens is 378 g/mol. The van der Waals surface area contributed by atoms with E-state index in [2.05, 4.69) is 25.9 Å². The van der Waals surface area contributed by atoms with E-state index in [1.165, 1.54) is 17.5 Å². The SMILES string of the molecule is Cn1ccsc1=NC(=O)c1ccc(Oc2ccc(Br)cc2)nc1. The molecule has 0 aliphatic carbocycles. The van der Waals surface area contributed by atoms with E-state index in [9.17, 15) is 4.79 Å². The number of carbonyl (C=O) groups excluding carboxylic acids is 1. The zero-order chi connectivity index (χ0) is 16.2. The maximum absolute atomic E-state index is 12.1. The van der Waals surface area contributed by atoms with E-state index < -0.39 is 0 Å². The van der Waals surface area contributed by atoms with Crippen molar-refractivity contribution in [3.63, 3.8) is 0 Å². The van der Waals surface area contributed by atoms with E-state index in [0.717, 1.165) is 4.47 Å². The predicted molar refractivity (Wildman–Crippen MR) is 91.6 cm³/mol. The summed E-state index contributed by atoms with van der Waals surface area (Å²) in [5.41, 5.74) is 0.418. The fourth-order valence-electron chi connectivity index (χ4n) is 1.78. The van der Waals surface area contributed by atoms with Crippen LogP contribution in [-0.4, -0.2) is 15.5 Å². The van der Waals surface area contributed by atoms with Crippen molar-refractivity contribution >= 4 is 33.2 Å². The number of nitrogens with zero attached hydrogens (tertiary/aromatic N) is 3. The summed E-state index contributed by atoms with van der Waals surface area (Å²) in [6.07, 6.45) is 3.32. The van der Waals surface area contributed by atoms with Crippen LogP contribution in [-0.2, 0) is 7.05 Å². The van der Waals surface area contributed by atoms with Gasteiger partial charge in [-0.15, -0.1) is 11.3 Å². The molecule has 0 spiro atoms. The second kappa shape index (κ2) is 6.89. The Bertz CT molecular complexity index is 883.